The highest BCUT2D eigenvalue weighted by molar-refractivity contribution is 5.88. The molecule has 1 aliphatic rings. The molecule has 1 aliphatic heterocycles. The lowest BCUT2D eigenvalue weighted by molar-refractivity contribution is -0.384. The Kier molecular flexibility index (Phi) is 4.01. The minimum atomic E-state index is -1.27. The number of nitrogens with one attached hydrogen (secondary N) is 1. The molecule has 0 saturated carbocycles. The first-order valence-corrected chi connectivity index (χ1v) is 6.28. The second-order valence-electron chi connectivity index (χ2n) is 4.76. The van der Waals surface area contributed by atoms with E-state index >= 15 is 0 Å². The molecule has 1 unspecified atom stereocenters. The number of aromatic nitrogens is 1. The molecule has 0 spiro atoms. The second kappa shape index (κ2) is 5.73. The number of nitrogens with zero attached hydrogens (tertiary/aromatic N) is 3. The quantitative estimate of drug-likeness (QED) is 0.608. The first-order chi connectivity index (χ1) is 9.88. The summed E-state index contributed by atoms with van der Waals surface area (Å²) in [6.45, 7) is 2.32. The summed E-state index contributed by atoms with van der Waals surface area (Å²) >= 11 is 0. The van der Waals surface area contributed by atoms with Crippen molar-refractivity contribution in [2.45, 2.75) is 19.4 Å². The zero-order chi connectivity index (χ0) is 15.6. The third-order valence-corrected chi connectivity index (χ3v) is 3.19. The molecule has 1 fully saturated rings. The molecule has 9 nitrogen and oxygen atoms in total. The van der Waals surface area contributed by atoms with E-state index in [-0.39, 0.29) is 29.0 Å². The van der Waals surface area contributed by atoms with Crippen LogP contribution in [0.25, 0.3) is 0 Å². The standard InChI is InChI=1S/C12H14N4O5/c1-7(17)14-9-2-3-15(6-9)11-10(16(20)21)4-8(5-13-11)12(18)19/h4-5,9H,2-3,6H2,1H3,(H,14,17)(H,18,19). The van der Waals surface area contributed by atoms with E-state index in [0.717, 1.165) is 12.3 Å². The Hall–Kier alpha value is -2.71. The predicted octanol–water partition coefficient (Wildman–Crippen LogP) is 0.403. The fourth-order valence-corrected chi connectivity index (χ4v) is 2.30. The minimum absolute atomic E-state index is 0.0944. The lowest BCUT2D eigenvalue weighted by Gasteiger charge is -2.17. The molecule has 9 heteroatoms. The molecule has 1 atom stereocenters. The first-order valence-electron chi connectivity index (χ1n) is 6.28. The van der Waals surface area contributed by atoms with E-state index in [0.29, 0.717) is 19.5 Å². The van der Waals surface area contributed by atoms with Gasteiger partial charge in [0.25, 0.3) is 0 Å². The van der Waals surface area contributed by atoms with Crippen LogP contribution in [0.5, 0.6) is 0 Å². The highest BCUT2D eigenvalue weighted by Crippen LogP contribution is 2.29. The summed E-state index contributed by atoms with van der Waals surface area (Å²) < 4.78 is 0. The SMILES string of the molecule is CC(=O)NC1CCN(c2ncc(C(=O)O)cc2[N+](=O)[O-])C1. The third-order valence-electron chi connectivity index (χ3n) is 3.19. The number of rotatable bonds is 4. The van der Waals surface area contributed by atoms with Crippen LogP contribution in [0.3, 0.4) is 0 Å². The number of hydrogen-bond acceptors (Lipinski definition) is 6. The van der Waals surface area contributed by atoms with Crippen LogP contribution < -0.4 is 10.2 Å². The number of carboxylic acids is 1. The number of anilines is 1. The number of pyridine rings is 1. The number of carboxylic acid groups (broad SMARTS) is 1. The van der Waals surface area contributed by atoms with Gasteiger partial charge in [0.1, 0.15) is 0 Å². The fourth-order valence-electron chi connectivity index (χ4n) is 2.30. The van der Waals surface area contributed by atoms with Crippen LogP contribution in [0.15, 0.2) is 12.3 Å². The average Bonchev–Trinajstić information content (AvgIpc) is 2.85. The van der Waals surface area contributed by atoms with E-state index in [1.807, 2.05) is 0 Å². The number of hydrogen-bond donors (Lipinski definition) is 2. The van der Waals surface area contributed by atoms with Crippen molar-refractivity contribution in [1.29, 1.82) is 0 Å². The molecule has 21 heavy (non-hydrogen) atoms. The van der Waals surface area contributed by atoms with Crippen LogP contribution in [-0.4, -0.2) is 46.0 Å². The zero-order valence-electron chi connectivity index (χ0n) is 11.3. The Morgan fingerprint density at radius 3 is 2.86 bits per heavy atom. The smallest absolute Gasteiger partial charge is 0.337 e. The summed E-state index contributed by atoms with van der Waals surface area (Å²) in [5.41, 5.74) is -0.582. The fraction of sp³-hybridized carbons (Fsp3) is 0.417. The molecule has 0 aromatic carbocycles. The summed E-state index contributed by atoms with van der Waals surface area (Å²) in [7, 11) is 0. The van der Waals surface area contributed by atoms with E-state index in [2.05, 4.69) is 10.3 Å². The summed E-state index contributed by atoms with van der Waals surface area (Å²) in [5, 5.41) is 22.7. The molecular weight excluding hydrogens is 280 g/mol. The number of carbonyl (C=O) groups excluding carboxylic acids is 1. The van der Waals surface area contributed by atoms with Crippen molar-refractivity contribution in [3.8, 4) is 0 Å². The van der Waals surface area contributed by atoms with Crippen molar-refractivity contribution in [2.24, 2.45) is 0 Å². The van der Waals surface area contributed by atoms with Crippen LogP contribution in [0.2, 0.25) is 0 Å². The molecule has 1 amide bonds. The topological polar surface area (TPSA) is 126 Å². The molecular formula is C12H14N4O5. The Morgan fingerprint density at radius 2 is 2.29 bits per heavy atom. The zero-order valence-corrected chi connectivity index (χ0v) is 11.3. The van der Waals surface area contributed by atoms with Gasteiger partial charge in [-0.15, -0.1) is 0 Å². The summed E-state index contributed by atoms with van der Waals surface area (Å²) in [6.07, 6.45) is 1.75. The molecule has 1 aromatic rings. The maximum absolute atomic E-state index is 11.1. The van der Waals surface area contributed by atoms with Crippen molar-refractivity contribution in [3.05, 3.63) is 27.9 Å². The molecule has 2 N–H and O–H groups in total. The molecule has 0 aliphatic carbocycles. The Balaban J connectivity index is 2.26. The van der Waals surface area contributed by atoms with Crippen LogP contribution in [0.4, 0.5) is 11.5 Å². The van der Waals surface area contributed by atoms with Crippen molar-refractivity contribution in [1.82, 2.24) is 10.3 Å². The molecule has 112 valence electrons. The molecule has 0 bridgehead atoms. The molecule has 1 saturated heterocycles. The number of carbonyl (C=O) groups is 2. The van der Waals surface area contributed by atoms with E-state index in [1.54, 1.807) is 4.90 Å². The van der Waals surface area contributed by atoms with E-state index in [9.17, 15) is 19.7 Å². The summed E-state index contributed by atoms with van der Waals surface area (Å²) in [5.74, 6) is -1.31. The number of amides is 1. The summed E-state index contributed by atoms with van der Waals surface area (Å²) in [6, 6.07) is 0.902. The van der Waals surface area contributed by atoms with Crippen LogP contribution in [-0.2, 0) is 4.79 Å². The van der Waals surface area contributed by atoms with Gasteiger partial charge in [0.15, 0.2) is 0 Å². The molecule has 2 heterocycles. The van der Waals surface area contributed by atoms with Crippen LogP contribution >= 0.6 is 0 Å². The van der Waals surface area contributed by atoms with E-state index in [4.69, 9.17) is 5.11 Å². The van der Waals surface area contributed by atoms with Gasteiger partial charge in [-0.2, -0.15) is 0 Å². The normalized spacial score (nSPS) is 17.6. The molecule has 0 radical (unpaired) electrons. The van der Waals surface area contributed by atoms with Gasteiger partial charge in [-0.1, -0.05) is 0 Å². The van der Waals surface area contributed by atoms with E-state index in [1.165, 1.54) is 6.92 Å². The largest absolute Gasteiger partial charge is 0.478 e. The Labute approximate surface area is 119 Å². The van der Waals surface area contributed by atoms with Gasteiger partial charge >= 0.3 is 11.7 Å². The van der Waals surface area contributed by atoms with Gasteiger partial charge in [-0.05, 0) is 6.42 Å². The van der Waals surface area contributed by atoms with Crippen LogP contribution in [0, 0.1) is 10.1 Å². The van der Waals surface area contributed by atoms with E-state index < -0.39 is 10.9 Å². The van der Waals surface area contributed by atoms with Crippen molar-refractivity contribution in [3.63, 3.8) is 0 Å². The number of aromatic carboxylic acids is 1. The Bertz CT molecular complexity index is 603. The van der Waals surface area contributed by atoms with Crippen molar-refractivity contribution >= 4 is 23.4 Å². The van der Waals surface area contributed by atoms with Crippen molar-refractivity contribution in [2.75, 3.05) is 18.0 Å². The van der Waals surface area contributed by atoms with Crippen LogP contribution in [0.1, 0.15) is 23.7 Å². The predicted molar refractivity (Wildman–Crippen MR) is 72.3 cm³/mol. The van der Waals surface area contributed by atoms with Gasteiger partial charge in [-0.3, -0.25) is 14.9 Å². The van der Waals surface area contributed by atoms with Gasteiger partial charge < -0.3 is 15.3 Å². The highest BCUT2D eigenvalue weighted by atomic mass is 16.6. The summed E-state index contributed by atoms with van der Waals surface area (Å²) in [4.78, 5) is 37.9. The maximum atomic E-state index is 11.1. The molecule has 1 aromatic heterocycles. The second-order valence-corrected chi connectivity index (χ2v) is 4.76. The highest BCUT2D eigenvalue weighted by Gasteiger charge is 2.30. The maximum Gasteiger partial charge on any atom is 0.337 e. The Morgan fingerprint density at radius 1 is 1.57 bits per heavy atom. The third kappa shape index (κ3) is 3.25. The minimum Gasteiger partial charge on any atom is -0.478 e. The van der Waals surface area contributed by atoms with Gasteiger partial charge in [-0.25, -0.2) is 9.78 Å². The monoisotopic (exact) mass is 294 g/mol. The average molecular weight is 294 g/mol. The molecule has 2 rings (SSSR count). The van der Waals surface area contributed by atoms with Gasteiger partial charge in [0.05, 0.1) is 10.5 Å². The van der Waals surface area contributed by atoms with Crippen molar-refractivity contribution < 1.29 is 19.6 Å². The lowest BCUT2D eigenvalue weighted by atomic mass is 10.2. The number of nitro groups is 1. The van der Waals surface area contributed by atoms with Gasteiger partial charge in [0, 0.05) is 38.3 Å². The van der Waals surface area contributed by atoms with Gasteiger partial charge in [0.2, 0.25) is 11.7 Å². The lowest BCUT2D eigenvalue weighted by Crippen LogP contribution is -2.35. The first kappa shape index (κ1) is 14.7.